The zero-order valence-corrected chi connectivity index (χ0v) is 32.1. The fraction of sp³-hybridized carbons (Fsp3) is 0. The molecule has 6 nitrogen and oxygen atoms in total. The fourth-order valence-electron chi connectivity index (χ4n) is 8.35. The molecule has 0 saturated carbocycles. The maximum absolute atomic E-state index is 16.6. The van der Waals surface area contributed by atoms with E-state index in [0.717, 1.165) is 56.0 Å². The van der Waals surface area contributed by atoms with Crippen LogP contribution in [0.2, 0.25) is 0 Å². The molecule has 2 aromatic heterocycles. The van der Waals surface area contributed by atoms with Crippen molar-refractivity contribution >= 4 is 51.3 Å². The van der Waals surface area contributed by atoms with E-state index >= 15 is 4.57 Å². The lowest BCUT2D eigenvalue weighted by Gasteiger charge is -2.39. The van der Waals surface area contributed by atoms with Gasteiger partial charge < -0.3 is 4.57 Å². The highest BCUT2D eigenvalue weighted by Gasteiger charge is 2.46. The summed E-state index contributed by atoms with van der Waals surface area (Å²) in [6, 6.07) is 70.0. The molecule has 1 aliphatic heterocycles. The Bertz CT molecular complexity index is 3150. The number of anilines is 2. The predicted molar refractivity (Wildman–Crippen MR) is 238 cm³/mol. The molecule has 10 aromatic rings. The van der Waals surface area contributed by atoms with Crippen LogP contribution in [0.5, 0.6) is 0 Å². The normalized spacial score (nSPS) is 14.7. The van der Waals surface area contributed by atoms with Crippen molar-refractivity contribution in [1.82, 2.24) is 19.5 Å². The first-order valence-corrected chi connectivity index (χ1v) is 21.0. The van der Waals surface area contributed by atoms with Gasteiger partial charge in [-0.2, -0.15) is 0 Å². The van der Waals surface area contributed by atoms with Crippen molar-refractivity contribution in [2.45, 2.75) is 0 Å². The van der Waals surface area contributed by atoms with Gasteiger partial charge in [-0.3, -0.25) is 9.24 Å². The third-order valence-corrected chi connectivity index (χ3v) is 13.8. The van der Waals surface area contributed by atoms with Crippen LogP contribution < -0.4 is 15.5 Å². The summed E-state index contributed by atoms with van der Waals surface area (Å²) in [4.78, 5) is 15.1. The van der Waals surface area contributed by atoms with Gasteiger partial charge in [-0.05, 0) is 77.4 Å². The smallest absolute Gasteiger partial charge is 0.270 e. The van der Waals surface area contributed by atoms with Gasteiger partial charge in [0.25, 0.3) is 7.29 Å². The molecule has 58 heavy (non-hydrogen) atoms. The quantitative estimate of drug-likeness (QED) is 0.158. The summed E-state index contributed by atoms with van der Waals surface area (Å²) < 4.78 is 20.9. The minimum atomic E-state index is -3.82. The van der Waals surface area contributed by atoms with Crippen molar-refractivity contribution in [1.29, 1.82) is 0 Å². The third kappa shape index (κ3) is 5.42. The third-order valence-electron chi connectivity index (χ3n) is 11.0. The average Bonchev–Trinajstić information content (AvgIpc) is 3.64. The van der Waals surface area contributed by atoms with Crippen LogP contribution in [-0.4, -0.2) is 19.5 Å². The lowest BCUT2D eigenvalue weighted by atomic mass is 9.96. The van der Waals surface area contributed by atoms with Crippen molar-refractivity contribution in [3.05, 3.63) is 206 Å². The molecule has 0 bridgehead atoms. The molecule has 7 heteroatoms. The highest BCUT2D eigenvalue weighted by molar-refractivity contribution is 7.80. The lowest BCUT2D eigenvalue weighted by molar-refractivity contribution is 0.585. The molecule has 0 fully saturated rings. The van der Waals surface area contributed by atoms with E-state index in [1.54, 1.807) is 0 Å². The van der Waals surface area contributed by atoms with E-state index in [1.165, 1.54) is 16.3 Å². The molecule has 0 saturated heterocycles. The van der Waals surface area contributed by atoms with E-state index in [0.29, 0.717) is 17.0 Å². The molecule has 274 valence electrons. The zero-order chi connectivity index (χ0) is 38.6. The van der Waals surface area contributed by atoms with Gasteiger partial charge in [0.2, 0.25) is 5.57 Å². The van der Waals surface area contributed by atoms with Crippen LogP contribution in [0.4, 0.5) is 11.4 Å². The number of benzene rings is 8. The summed E-state index contributed by atoms with van der Waals surface area (Å²) in [7, 11) is -3.82. The van der Waals surface area contributed by atoms with Crippen LogP contribution in [0.25, 0.3) is 72.5 Å². The van der Waals surface area contributed by atoms with Gasteiger partial charge >= 0.3 is 0 Å². The first-order valence-electron chi connectivity index (χ1n) is 19.3. The largest absolute Gasteiger partial charge is 0.309 e. The molecule has 0 aliphatic carbocycles. The van der Waals surface area contributed by atoms with E-state index in [1.807, 2.05) is 114 Å². The lowest BCUT2D eigenvalue weighted by Crippen LogP contribution is -2.37. The van der Waals surface area contributed by atoms with Crippen LogP contribution >= 0.6 is 7.29 Å². The van der Waals surface area contributed by atoms with Crippen molar-refractivity contribution in [3.8, 4) is 50.7 Å². The molecule has 11 rings (SSSR count). The second-order valence-corrected chi connectivity index (χ2v) is 16.8. The molecule has 0 radical (unpaired) electrons. The Hall–Kier alpha value is -7.40. The average molecular weight is 764 g/mol. The van der Waals surface area contributed by atoms with Crippen LogP contribution in [0.15, 0.2) is 206 Å². The van der Waals surface area contributed by atoms with Gasteiger partial charge in [-0.25, -0.2) is 15.0 Å². The molecule has 0 spiro atoms. The summed E-state index contributed by atoms with van der Waals surface area (Å²) in [6.07, 6.45) is 0. The Morgan fingerprint density at radius 2 is 0.931 bits per heavy atom. The van der Waals surface area contributed by atoms with Crippen LogP contribution in [0, 0.1) is 0 Å². The Morgan fingerprint density at radius 3 is 1.62 bits per heavy atom. The van der Waals surface area contributed by atoms with E-state index in [-0.39, 0.29) is 5.57 Å². The van der Waals surface area contributed by atoms with Crippen LogP contribution in [0.1, 0.15) is 0 Å². The maximum Gasteiger partial charge on any atom is 0.270 e. The molecule has 1 aliphatic rings. The number of rotatable bonds is 6. The van der Waals surface area contributed by atoms with Crippen LogP contribution in [0.3, 0.4) is 0 Å². The molecule has 8 aromatic carbocycles. The summed E-state index contributed by atoms with van der Waals surface area (Å²) in [5, 5.41) is 3.06. The fourth-order valence-corrected chi connectivity index (χ4v) is 11.2. The van der Waals surface area contributed by atoms with Gasteiger partial charge in [0.05, 0.1) is 16.7 Å². The van der Waals surface area contributed by atoms with Crippen molar-refractivity contribution < 1.29 is 4.57 Å². The van der Waals surface area contributed by atoms with Crippen LogP contribution in [-0.2, 0) is 4.57 Å². The molecule has 0 amide bonds. The Labute approximate surface area is 335 Å². The monoisotopic (exact) mass is 763 g/mol. The first-order chi connectivity index (χ1) is 28.6. The van der Waals surface area contributed by atoms with E-state index in [2.05, 4.69) is 102 Å². The highest BCUT2D eigenvalue weighted by Crippen LogP contribution is 2.61. The Balaban J connectivity index is 1.13. The molecule has 1 atom stereocenters. The highest BCUT2D eigenvalue weighted by atomic mass is 31.2. The minimum absolute atomic E-state index is 0.228. The Kier molecular flexibility index (Phi) is 7.98. The van der Waals surface area contributed by atoms with Gasteiger partial charge in [0.15, 0.2) is 11.6 Å². The zero-order valence-electron chi connectivity index (χ0n) is 31.2. The molecule has 3 heterocycles. The molecular formula is C51H34N5OP. The second-order valence-electron chi connectivity index (χ2n) is 14.4. The number of aromatic nitrogens is 4. The van der Waals surface area contributed by atoms with E-state index in [9.17, 15) is 0 Å². The summed E-state index contributed by atoms with van der Waals surface area (Å²) in [5.41, 5.74) is 11.0. The number of hydrogen-bond donors (Lipinski definition) is 0. The predicted octanol–water partition coefficient (Wildman–Crippen LogP) is 12.0. The summed E-state index contributed by atoms with van der Waals surface area (Å²) in [6.45, 7) is 0. The number of nitrogens with zero attached hydrogens (tertiary/aromatic N) is 5. The van der Waals surface area contributed by atoms with E-state index < -0.39 is 7.29 Å². The molecule has 0 N–H and O–H groups in total. The SMILES string of the molecule is O=P1(c2nc(-c3ccccc3)nc(-c3ccccc3)n2)c2ccccc2-c2cc(-c3ccc4c(c3)c3ccccc3n4-c3ccccc3)ccc2N1c1ccccc1. The van der Waals surface area contributed by atoms with Crippen molar-refractivity contribution in [3.63, 3.8) is 0 Å². The minimum Gasteiger partial charge on any atom is -0.309 e. The topological polar surface area (TPSA) is 63.9 Å². The van der Waals surface area contributed by atoms with Crippen molar-refractivity contribution in [2.24, 2.45) is 0 Å². The van der Waals surface area contributed by atoms with Crippen molar-refractivity contribution in [2.75, 3.05) is 4.67 Å². The Morgan fingerprint density at radius 1 is 0.397 bits per heavy atom. The van der Waals surface area contributed by atoms with Gasteiger partial charge in [-0.15, -0.1) is 0 Å². The van der Waals surface area contributed by atoms with Gasteiger partial charge in [-0.1, -0.05) is 146 Å². The number of para-hydroxylation sites is 3. The number of fused-ring (bicyclic) bond motifs is 6. The standard InChI is InChI=1S/C51H34N5OP/c57-58(51-53-49(35-17-5-1-6-18-35)52-50(54-51)36-19-7-2-8-20-36)48-28-16-14-26-42(48)44-34-38(30-32-47(44)56(58)40-23-11-4-12-24-40)37-29-31-46-43(33-37)41-25-13-15-27-45(41)55(46)39-21-9-3-10-22-39/h1-34H. The molecule has 1 unspecified atom stereocenters. The van der Waals surface area contributed by atoms with Gasteiger partial charge in [0.1, 0.15) is 0 Å². The first kappa shape index (κ1) is 33.9. The maximum atomic E-state index is 16.6. The van der Waals surface area contributed by atoms with Gasteiger partial charge in [0, 0.05) is 44.1 Å². The second kappa shape index (κ2) is 13.7. The van der Waals surface area contributed by atoms with E-state index in [4.69, 9.17) is 15.0 Å². The summed E-state index contributed by atoms with van der Waals surface area (Å²) in [5.74, 6) is 0.936. The number of hydrogen-bond acceptors (Lipinski definition) is 4. The molecular weight excluding hydrogens is 730 g/mol. The summed E-state index contributed by atoms with van der Waals surface area (Å²) >= 11 is 0.